The summed E-state index contributed by atoms with van der Waals surface area (Å²) in [5.41, 5.74) is 1.70. The zero-order valence-corrected chi connectivity index (χ0v) is 9.79. The van der Waals surface area contributed by atoms with Crippen molar-refractivity contribution in [2.24, 2.45) is 7.05 Å². The molecule has 1 atom stereocenters. The van der Waals surface area contributed by atoms with Crippen molar-refractivity contribution in [2.45, 2.75) is 12.3 Å². The standard InChI is InChI=1S/C12H13NO5/c1-13-9-4-7(8(6-14)5-11(15)16)2-3-10(9)18-12(13)17/h2-4,8,14H,5-6H2,1H3,(H,15,16). The number of aliphatic hydroxyl groups excluding tert-OH is 1. The number of benzene rings is 1. The van der Waals surface area contributed by atoms with Gasteiger partial charge in [0.2, 0.25) is 0 Å². The van der Waals surface area contributed by atoms with E-state index in [0.29, 0.717) is 16.7 Å². The topological polar surface area (TPSA) is 92.7 Å². The van der Waals surface area contributed by atoms with Gasteiger partial charge in [-0.15, -0.1) is 0 Å². The molecule has 1 unspecified atom stereocenters. The monoisotopic (exact) mass is 251 g/mol. The molecule has 1 heterocycles. The highest BCUT2D eigenvalue weighted by Crippen LogP contribution is 2.23. The Kier molecular flexibility index (Phi) is 3.20. The maximum atomic E-state index is 11.3. The zero-order valence-electron chi connectivity index (χ0n) is 9.79. The Morgan fingerprint density at radius 1 is 1.50 bits per heavy atom. The third-order valence-electron chi connectivity index (χ3n) is 2.93. The van der Waals surface area contributed by atoms with Crippen LogP contribution in [0.3, 0.4) is 0 Å². The Morgan fingerprint density at radius 3 is 2.83 bits per heavy atom. The van der Waals surface area contributed by atoms with Crippen LogP contribution in [0, 0.1) is 0 Å². The number of rotatable bonds is 4. The summed E-state index contributed by atoms with van der Waals surface area (Å²) in [5.74, 6) is -1.94. The fourth-order valence-corrected chi connectivity index (χ4v) is 1.90. The molecule has 0 amide bonds. The van der Waals surface area contributed by atoms with Gasteiger partial charge in [0.05, 0.1) is 18.5 Å². The lowest BCUT2D eigenvalue weighted by Gasteiger charge is -2.11. The molecule has 0 aliphatic rings. The Hall–Kier alpha value is -2.08. The SMILES string of the molecule is Cn1c(=O)oc2ccc(C(CO)CC(=O)O)cc21. The van der Waals surface area contributed by atoms with Crippen molar-refractivity contribution in [1.29, 1.82) is 0 Å². The molecule has 0 saturated carbocycles. The summed E-state index contributed by atoms with van der Waals surface area (Å²) in [5, 5.41) is 18.0. The molecule has 0 saturated heterocycles. The predicted molar refractivity (Wildman–Crippen MR) is 63.5 cm³/mol. The molecule has 2 rings (SSSR count). The van der Waals surface area contributed by atoms with E-state index in [-0.39, 0.29) is 13.0 Å². The number of aliphatic hydroxyl groups is 1. The molecule has 2 N–H and O–H groups in total. The number of nitrogens with zero attached hydrogens (tertiary/aromatic N) is 1. The molecule has 0 spiro atoms. The summed E-state index contributed by atoms with van der Waals surface area (Å²) in [6.07, 6.45) is -0.159. The van der Waals surface area contributed by atoms with Gasteiger partial charge < -0.3 is 14.6 Å². The molecular weight excluding hydrogens is 238 g/mol. The molecular formula is C12H13NO5. The van der Waals surface area contributed by atoms with Gasteiger partial charge >= 0.3 is 11.7 Å². The highest BCUT2D eigenvalue weighted by atomic mass is 16.4. The number of aryl methyl sites for hydroxylation is 1. The van der Waals surface area contributed by atoms with Crippen LogP contribution in [0.25, 0.3) is 11.1 Å². The Bertz CT molecular complexity index is 639. The third kappa shape index (κ3) is 2.14. The summed E-state index contributed by atoms with van der Waals surface area (Å²) >= 11 is 0. The van der Waals surface area contributed by atoms with E-state index in [4.69, 9.17) is 9.52 Å². The first-order valence-electron chi connectivity index (χ1n) is 5.45. The number of hydrogen-bond donors (Lipinski definition) is 2. The van der Waals surface area contributed by atoms with E-state index < -0.39 is 17.6 Å². The molecule has 0 aliphatic heterocycles. The minimum Gasteiger partial charge on any atom is -0.481 e. The molecule has 6 nitrogen and oxygen atoms in total. The van der Waals surface area contributed by atoms with E-state index in [1.807, 2.05) is 0 Å². The summed E-state index contributed by atoms with van der Waals surface area (Å²) in [6.45, 7) is -0.260. The largest absolute Gasteiger partial charge is 0.481 e. The summed E-state index contributed by atoms with van der Waals surface area (Å²) < 4.78 is 6.32. The van der Waals surface area contributed by atoms with Gasteiger partial charge in [0.25, 0.3) is 0 Å². The van der Waals surface area contributed by atoms with Crippen LogP contribution in [-0.2, 0) is 11.8 Å². The number of aliphatic carboxylic acids is 1. The number of carbonyl (C=O) groups is 1. The Balaban J connectivity index is 2.48. The van der Waals surface area contributed by atoms with Crippen molar-refractivity contribution in [3.8, 4) is 0 Å². The molecule has 6 heteroatoms. The maximum Gasteiger partial charge on any atom is 0.419 e. The van der Waals surface area contributed by atoms with Crippen LogP contribution in [0.5, 0.6) is 0 Å². The first-order valence-corrected chi connectivity index (χ1v) is 5.45. The van der Waals surface area contributed by atoms with Gasteiger partial charge in [-0.2, -0.15) is 0 Å². The van der Waals surface area contributed by atoms with Crippen molar-refractivity contribution >= 4 is 17.1 Å². The fourth-order valence-electron chi connectivity index (χ4n) is 1.90. The number of oxazole rings is 1. The average Bonchev–Trinajstić information content (AvgIpc) is 2.62. The molecule has 18 heavy (non-hydrogen) atoms. The Morgan fingerprint density at radius 2 is 2.22 bits per heavy atom. The van der Waals surface area contributed by atoms with Crippen molar-refractivity contribution in [1.82, 2.24) is 4.57 Å². The van der Waals surface area contributed by atoms with Crippen molar-refractivity contribution in [3.05, 3.63) is 34.3 Å². The van der Waals surface area contributed by atoms with E-state index in [9.17, 15) is 14.7 Å². The molecule has 2 aromatic rings. The lowest BCUT2D eigenvalue weighted by Crippen LogP contribution is -2.11. The average molecular weight is 251 g/mol. The van der Waals surface area contributed by atoms with Crippen LogP contribution in [0.2, 0.25) is 0 Å². The van der Waals surface area contributed by atoms with Crippen molar-refractivity contribution in [2.75, 3.05) is 6.61 Å². The van der Waals surface area contributed by atoms with Crippen LogP contribution in [0.1, 0.15) is 17.9 Å². The number of fused-ring (bicyclic) bond motifs is 1. The maximum absolute atomic E-state index is 11.3. The predicted octanol–water partition coefficient (Wildman–Crippen LogP) is 0.682. The Labute approximate surface area is 102 Å². The third-order valence-corrected chi connectivity index (χ3v) is 2.93. The summed E-state index contributed by atoms with van der Waals surface area (Å²) in [4.78, 5) is 22.0. The number of aromatic nitrogens is 1. The van der Waals surface area contributed by atoms with E-state index in [1.165, 1.54) is 4.57 Å². The second kappa shape index (κ2) is 4.66. The van der Waals surface area contributed by atoms with E-state index in [2.05, 4.69) is 0 Å². The summed E-state index contributed by atoms with van der Waals surface area (Å²) in [7, 11) is 1.57. The van der Waals surface area contributed by atoms with E-state index in [0.717, 1.165) is 0 Å². The number of carboxylic acid groups (broad SMARTS) is 1. The van der Waals surface area contributed by atoms with Gasteiger partial charge in [0.15, 0.2) is 5.58 Å². The van der Waals surface area contributed by atoms with Gasteiger partial charge in [-0.05, 0) is 17.7 Å². The molecule has 96 valence electrons. The van der Waals surface area contributed by atoms with Crippen LogP contribution in [-0.4, -0.2) is 27.4 Å². The van der Waals surface area contributed by atoms with Crippen LogP contribution < -0.4 is 5.76 Å². The molecule has 0 aliphatic carbocycles. The smallest absolute Gasteiger partial charge is 0.419 e. The minimum absolute atomic E-state index is 0.159. The van der Waals surface area contributed by atoms with E-state index >= 15 is 0 Å². The first-order chi connectivity index (χ1) is 8.52. The lowest BCUT2D eigenvalue weighted by atomic mass is 9.96. The van der Waals surface area contributed by atoms with Gasteiger partial charge in [-0.1, -0.05) is 6.07 Å². The van der Waals surface area contributed by atoms with Gasteiger partial charge in [0.1, 0.15) is 0 Å². The van der Waals surface area contributed by atoms with Crippen LogP contribution >= 0.6 is 0 Å². The lowest BCUT2D eigenvalue weighted by molar-refractivity contribution is -0.137. The quantitative estimate of drug-likeness (QED) is 0.833. The summed E-state index contributed by atoms with van der Waals surface area (Å²) in [6, 6.07) is 4.94. The molecule has 1 aromatic heterocycles. The van der Waals surface area contributed by atoms with E-state index in [1.54, 1.807) is 25.2 Å². The second-order valence-electron chi connectivity index (χ2n) is 4.13. The fraction of sp³-hybridized carbons (Fsp3) is 0.333. The molecule has 0 radical (unpaired) electrons. The van der Waals surface area contributed by atoms with Gasteiger partial charge in [-0.25, -0.2) is 4.79 Å². The number of carboxylic acids is 1. The number of hydrogen-bond acceptors (Lipinski definition) is 4. The molecule has 0 bridgehead atoms. The highest BCUT2D eigenvalue weighted by Gasteiger charge is 2.16. The van der Waals surface area contributed by atoms with Crippen LogP contribution in [0.4, 0.5) is 0 Å². The van der Waals surface area contributed by atoms with Crippen LogP contribution in [0.15, 0.2) is 27.4 Å². The van der Waals surface area contributed by atoms with Crippen molar-refractivity contribution in [3.63, 3.8) is 0 Å². The van der Waals surface area contributed by atoms with Gasteiger partial charge in [-0.3, -0.25) is 9.36 Å². The first kappa shape index (κ1) is 12.4. The highest BCUT2D eigenvalue weighted by molar-refractivity contribution is 5.74. The molecule has 1 aromatic carbocycles. The normalized spacial score (nSPS) is 12.8. The zero-order chi connectivity index (χ0) is 13.3. The second-order valence-corrected chi connectivity index (χ2v) is 4.13. The van der Waals surface area contributed by atoms with Gasteiger partial charge in [0, 0.05) is 13.0 Å². The molecule has 0 fully saturated rings. The minimum atomic E-state index is -0.977. The van der Waals surface area contributed by atoms with Crippen molar-refractivity contribution < 1.29 is 19.4 Å².